The van der Waals surface area contributed by atoms with Gasteiger partial charge in [0.1, 0.15) is 0 Å². The summed E-state index contributed by atoms with van der Waals surface area (Å²) >= 11 is 0. The smallest absolute Gasteiger partial charge is 0.0748 e. The zero-order valence-corrected chi connectivity index (χ0v) is 11.3. The first-order valence-corrected chi connectivity index (χ1v) is 7.41. The highest BCUT2D eigenvalue weighted by molar-refractivity contribution is 5.27. The normalized spacial score (nSPS) is 28.7. The van der Waals surface area contributed by atoms with Crippen LogP contribution in [0.3, 0.4) is 0 Å². The molecule has 3 rings (SSSR count). The van der Waals surface area contributed by atoms with Crippen LogP contribution >= 0.6 is 0 Å². The number of pyridine rings is 1. The van der Waals surface area contributed by atoms with Crippen molar-refractivity contribution in [1.82, 2.24) is 10.4 Å². The second-order valence-corrected chi connectivity index (χ2v) is 5.64. The number of hydrazine groups is 1. The fourth-order valence-corrected chi connectivity index (χ4v) is 3.53. The second-order valence-electron chi connectivity index (χ2n) is 5.64. The molecule has 0 amide bonds. The van der Waals surface area contributed by atoms with Gasteiger partial charge in [-0.2, -0.15) is 0 Å². The highest BCUT2D eigenvalue weighted by Gasteiger charge is 2.34. The molecule has 0 bridgehead atoms. The summed E-state index contributed by atoms with van der Waals surface area (Å²) in [6.07, 6.45) is 9.16. The molecule has 4 nitrogen and oxygen atoms in total. The molecule has 0 spiro atoms. The molecule has 1 aliphatic carbocycles. The van der Waals surface area contributed by atoms with Crippen molar-refractivity contribution in [3.63, 3.8) is 0 Å². The van der Waals surface area contributed by atoms with Gasteiger partial charge in [0.15, 0.2) is 0 Å². The molecular weight excluding hydrogens is 238 g/mol. The zero-order chi connectivity index (χ0) is 13.1. The summed E-state index contributed by atoms with van der Waals surface area (Å²) < 4.78 is 5.93. The standard InChI is InChI=1S/C15H23N3O/c16-18-15(13-8-1-2-10-19-13)12-7-3-5-11-6-4-9-17-14(11)12/h4,6,9,12-13,15,18H,1-3,5,7-8,10,16H2. The monoisotopic (exact) mass is 261 g/mol. The van der Waals surface area contributed by atoms with Crippen LogP contribution in [0, 0.1) is 0 Å². The number of hydrogen-bond donors (Lipinski definition) is 2. The fraction of sp³-hybridized carbons (Fsp3) is 0.667. The van der Waals surface area contributed by atoms with Gasteiger partial charge in [-0.25, -0.2) is 0 Å². The average molecular weight is 261 g/mol. The highest BCUT2D eigenvalue weighted by Crippen LogP contribution is 2.35. The van der Waals surface area contributed by atoms with Crippen molar-refractivity contribution in [2.24, 2.45) is 5.84 Å². The lowest BCUT2D eigenvalue weighted by Gasteiger charge is -2.37. The van der Waals surface area contributed by atoms with Crippen LogP contribution in [0.25, 0.3) is 0 Å². The molecule has 1 aromatic rings. The first-order valence-electron chi connectivity index (χ1n) is 7.41. The van der Waals surface area contributed by atoms with Gasteiger partial charge in [0, 0.05) is 24.4 Å². The number of nitrogens with zero attached hydrogens (tertiary/aromatic N) is 1. The number of nitrogens with one attached hydrogen (secondary N) is 1. The molecule has 1 fully saturated rings. The van der Waals surface area contributed by atoms with Gasteiger partial charge in [0.05, 0.1) is 12.1 Å². The molecule has 3 N–H and O–H groups in total. The SMILES string of the molecule is NNC(C1CCCCO1)C1CCCc2cccnc21. The van der Waals surface area contributed by atoms with E-state index in [4.69, 9.17) is 10.6 Å². The maximum atomic E-state index is 5.93. The summed E-state index contributed by atoms with van der Waals surface area (Å²) in [6.45, 7) is 0.866. The van der Waals surface area contributed by atoms with E-state index in [0.29, 0.717) is 5.92 Å². The minimum absolute atomic E-state index is 0.189. The molecule has 4 heteroatoms. The van der Waals surface area contributed by atoms with Crippen molar-refractivity contribution in [3.05, 3.63) is 29.6 Å². The van der Waals surface area contributed by atoms with Crippen LogP contribution in [-0.2, 0) is 11.2 Å². The molecule has 0 aromatic carbocycles. The number of nitrogens with two attached hydrogens (primary N) is 1. The van der Waals surface area contributed by atoms with Crippen molar-refractivity contribution >= 4 is 0 Å². The van der Waals surface area contributed by atoms with E-state index in [-0.39, 0.29) is 12.1 Å². The van der Waals surface area contributed by atoms with Crippen molar-refractivity contribution in [2.45, 2.75) is 56.6 Å². The van der Waals surface area contributed by atoms with E-state index in [1.54, 1.807) is 0 Å². The van der Waals surface area contributed by atoms with E-state index in [1.807, 2.05) is 12.3 Å². The molecule has 19 heavy (non-hydrogen) atoms. The predicted octanol–water partition coefficient (Wildman–Crippen LogP) is 1.90. The van der Waals surface area contributed by atoms with Gasteiger partial charge in [-0.1, -0.05) is 6.07 Å². The summed E-state index contributed by atoms with van der Waals surface area (Å²) in [7, 11) is 0. The molecule has 104 valence electrons. The summed E-state index contributed by atoms with van der Waals surface area (Å²) in [5.41, 5.74) is 5.63. The Morgan fingerprint density at radius 1 is 1.32 bits per heavy atom. The van der Waals surface area contributed by atoms with Crippen LogP contribution in [0.15, 0.2) is 18.3 Å². The molecule has 0 radical (unpaired) electrons. The molecule has 1 aromatic heterocycles. The van der Waals surface area contributed by atoms with E-state index in [9.17, 15) is 0 Å². The third-order valence-electron chi connectivity index (χ3n) is 4.48. The molecular formula is C15H23N3O. The molecule has 2 heterocycles. The topological polar surface area (TPSA) is 60.2 Å². The largest absolute Gasteiger partial charge is 0.377 e. The van der Waals surface area contributed by atoms with Gasteiger partial charge >= 0.3 is 0 Å². The summed E-state index contributed by atoms with van der Waals surface area (Å²) in [4.78, 5) is 4.61. The maximum Gasteiger partial charge on any atom is 0.0748 e. The zero-order valence-electron chi connectivity index (χ0n) is 11.3. The lowest BCUT2D eigenvalue weighted by molar-refractivity contribution is -0.0152. The summed E-state index contributed by atoms with van der Waals surface area (Å²) in [6, 6.07) is 4.42. The average Bonchev–Trinajstić information content (AvgIpc) is 2.49. The van der Waals surface area contributed by atoms with Crippen LogP contribution in [-0.4, -0.2) is 23.7 Å². The van der Waals surface area contributed by atoms with E-state index in [2.05, 4.69) is 16.5 Å². The quantitative estimate of drug-likeness (QED) is 0.644. The van der Waals surface area contributed by atoms with Gasteiger partial charge in [-0.15, -0.1) is 0 Å². The third kappa shape index (κ3) is 2.66. The Hall–Kier alpha value is -0.970. The van der Waals surface area contributed by atoms with Crippen molar-refractivity contribution < 1.29 is 4.74 Å². The molecule has 1 aliphatic heterocycles. The Morgan fingerprint density at radius 3 is 3.05 bits per heavy atom. The van der Waals surface area contributed by atoms with Crippen molar-refractivity contribution in [2.75, 3.05) is 6.61 Å². The van der Waals surface area contributed by atoms with Crippen LogP contribution < -0.4 is 11.3 Å². The number of aryl methyl sites for hydroxylation is 1. The van der Waals surface area contributed by atoms with E-state index < -0.39 is 0 Å². The van der Waals surface area contributed by atoms with E-state index >= 15 is 0 Å². The van der Waals surface area contributed by atoms with Crippen molar-refractivity contribution in [1.29, 1.82) is 0 Å². The summed E-state index contributed by atoms with van der Waals surface area (Å²) in [5.74, 6) is 6.22. The Balaban J connectivity index is 1.83. The van der Waals surface area contributed by atoms with Gasteiger partial charge in [-0.05, 0) is 50.2 Å². The van der Waals surface area contributed by atoms with Crippen LogP contribution in [0.5, 0.6) is 0 Å². The van der Waals surface area contributed by atoms with Gasteiger partial charge in [-0.3, -0.25) is 16.3 Å². The molecule has 3 atom stereocenters. The molecule has 3 unspecified atom stereocenters. The number of fused-ring (bicyclic) bond motifs is 1. The van der Waals surface area contributed by atoms with Gasteiger partial charge < -0.3 is 4.74 Å². The Kier molecular flexibility index (Phi) is 4.11. The molecule has 0 saturated carbocycles. The second kappa shape index (κ2) is 5.99. The maximum absolute atomic E-state index is 5.93. The highest BCUT2D eigenvalue weighted by atomic mass is 16.5. The first-order chi connectivity index (χ1) is 9.40. The van der Waals surface area contributed by atoms with Crippen LogP contribution in [0.1, 0.15) is 49.3 Å². The minimum Gasteiger partial charge on any atom is -0.377 e. The predicted molar refractivity (Wildman–Crippen MR) is 74.6 cm³/mol. The first kappa shape index (κ1) is 13.0. The minimum atomic E-state index is 0.189. The Morgan fingerprint density at radius 2 is 2.26 bits per heavy atom. The van der Waals surface area contributed by atoms with E-state index in [1.165, 1.54) is 30.5 Å². The number of rotatable bonds is 3. The van der Waals surface area contributed by atoms with Crippen molar-refractivity contribution in [3.8, 4) is 0 Å². The number of ether oxygens (including phenoxy) is 1. The third-order valence-corrected chi connectivity index (χ3v) is 4.48. The number of aromatic nitrogens is 1. The number of hydrogen-bond acceptors (Lipinski definition) is 4. The Bertz CT molecular complexity index is 418. The Labute approximate surface area is 114 Å². The lowest BCUT2D eigenvalue weighted by Crippen LogP contribution is -2.50. The lowest BCUT2D eigenvalue weighted by atomic mass is 9.79. The molecule has 1 saturated heterocycles. The van der Waals surface area contributed by atoms with E-state index in [0.717, 1.165) is 25.9 Å². The van der Waals surface area contributed by atoms with Gasteiger partial charge in [0.2, 0.25) is 0 Å². The van der Waals surface area contributed by atoms with Crippen LogP contribution in [0.2, 0.25) is 0 Å². The molecule has 2 aliphatic rings. The summed E-state index contributed by atoms with van der Waals surface area (Å²) in [5, 5.41) is 0. The fourth-order valence-electron chi connectivity index (χ4n) is 3.53. The van der Waals surface area contributed by atoms with Gasteiger partial charge in [0.25, 0.3) is 0 Å². The van der Waals surface area contributed by atoms with Crippen LogP contribution in [0.4, 0.5) is 0 Å².